The molecule has 0 saturated heterocycles. The molecule has 1 heterocycles. The molecule has 0 fully saturated rings. The zero-order chi connectivity index (χ0) is 21.1. The molecule has 0 radical (unpaired) electrons. The van der Waals surface area contributed by atoms with E-state index >= 15 is 0 Å². The summed E-state index contributed by atoms with van der Waals surface area (Å²) >= 11 is 0. The number of benzene rings is 2. The maximum atomic E-state index is 12.0. The number of nitrogens with one attached hydrogen (secondary N) is 1. The number of nitrogens with zero attached hydrogens (tertiary/aromatic N) is 1. The fourth-order valence-corrected chi connectivity index (χ4v) is 3.36. The Morgan fingerprint density at radius 1 is 1.07 bits per heavy atom. The first-order valence-corrected chi connectivity index (χ1v) is 9.29. The SMILES string of the molecule is CNC(=O)c1ccc(-n2c(-c3ccc(OC)cc3)ccc2C(C)C(=O)O)c(C)c1. The maximum absolute atomic E-state index is 12.0. The first-order chi connectivity index (χ1) is 13.9. The highest BCUT2D eigenvalue weighted by Gasteiger charge is 2.22. The summed E-state index contributed by atoms with van der Waals surface area (Å²) in [5.41, 5.74) is 4.72. The molecule has 0 aliphatic heterocycles. The molecule has 0 aliphatic rings. The number of methoxy groups -OCH3 is 1. The lowest BCUT2D eigenvalue weighted by Crippen LogP contribution is -2.18. The number of carboxylic acids is 1. The number of ether oxygens (including phenoxy) is 1. The largest absolute Gasteiger partial charge is 0.497 e. The Balaban J connectivity index is 2.20. The summed E-state index contributed by atoms with van der Waals surface area (Å²) in [4.78, 5) is 23.7. The van der Waals surface area contributed by atoms with Gasteiger partial charge in [0.2, 0.25) is 0 Å². The number of aromatic nitrogens is 1. The van der Waals surface area contributed by atoms with Gasteiger partial charge >= 0.3 is 5.97 Å². The number of carboxylic acid groups (broad SMARTS) is 1. The lowest BCUT2D eigenvalue weighted by molar-refractivity contribution is -0.138. The van der Waals surface area contributed by atoms with E-state index in [9.17, 15) is 14.7 Å². The van der Waals surface area contributed by atoms with Crippen LogP contribution in [0.3, 0.4) is 0 Å². The van der Waals surface area contributed by atoms with Crippen molar-refractivity contribution in [3.8, 4) is 22.7 Å². The molecular weight excluding hydrogens is 368 g/mol. The van der Waals surface area contributed by atoms with Gasteiger partial charge in [0.05, 0.1) is 18.7 Å². The van der Waals surface area contributed by atoms with E-state index in [2.05, 4.69) is 5.32 Å². The summed E-state index contributed by atoms with van der Waals surface area (Å²) < 4.78 is 7.19. The minimum atomic E-state index is -0.898. The van der Waals surface area contributed by atoms with Gasteiger partial charge in [0.15, 0.2) is 0 Å². The first-order valence-electron chi connectivity index (χ1n) is 9.29. The molecule has 1 atom stereocenters. The minimum absolute atomic E-state index is 0.165. The van der Waals surface area contributed by atoms with Crippen molar-refractivity contribution in [1.29, 1.82) is 0 Å². The van der Waals surface area contributed by atoms with E-state index in [-0.39, 0.29) is 5.91 Å². The van der Waals surface area contributed by atoms with Crippen LogP contribution in [0.1, 0.15) is 34.5 Å². The summed E-state index contributed by atoms with van der Waals surface area (Å²) in [6.45, 7) is 3.58. The topological polar surface area (TPSA) is 80.6 Å². The normalized spacial score (nSPS) is 11.7. The third kappa shape index (κ3) is 3.87. The molecule has 2 aromatic carbocycles. The van der Waals surface area contributed by atoms with Gasteiger partial charge in [-0.05, 0) is 79.6 Å². The molecule has 0 spiro atoms. The number of carbonyl (C=O) groups excluding carboxylic acids is 1. The van der Waals surface area contributed by atoms with Crippen LogP contribution in [0.2, 0.25) is 0 Å². The Morgan fingerprint density at radius 2 is 1.76 bits per heavy atom. The van der Waals surface area contributed by atoms with E-state index in [4.69, 9.17) is 4.74 Å². The van der Waals surface area contributed by atoms with Gasteiger partial charge in [-0.2, -0.15) is 0 Å². The van der Waals surface area contributed by atoms with E-state index in [0.717, 1.165) is 28.3 Å². The van der Waals surface area contributed by atoms with Gasteiger partial charge in [0.25, 0.3) is 5.91 Å². The first kappa shape index (κ1) is 20.2. The van der Waals surface area contributed by atoms with Crippen molar-refractivity contribution in [3.63, 3.8) is 0 Å². The van der Waals surface area contributed by atoms with Crippen molar-refractivity contribution >= 4 is 11.9 Å². The number of hydrogen-bond donors (Lipinski definition) is 2. The number of hydrogen-bond acceptors (Lipinski definition) is 3. The number of aryl methyl sites for hydroxylation is 1. The van der Waals surface area contributed by atoms with Gasteiger partial charge in [0.1, 0.15) is 5.75 Å². The molecule has 1 amide bonds. The monoisotopic (exact) mass is 392 g/mol. The fraction of sp³-hybridized carbons (Fsp3) is 0.217. The van der Waals surface area contributed by atoms with Crippen molar-refractivity contribution in [3.05, 3.63) is 71.4 Å². The molecule has 6 heteroatoms. The van der Waals surface area contributed by atoms with Crippen LogP contribution >= 0.6 is 0 Å². The number of aliphatic carboxylic acids is 1. The number of carbonyl (C=O) groups is 2. The zero-order valence-corrected chi connectivity index (χ0v) is 16.9. The van der Waals surface area contributed by atoms with Gasteiger partial charge in [-0.3, -0.25) is 9.59 Å². The van der Waals surface area contributed by atoms with Crippen molar-refractivity contribution in [2.45, 2.75) is 19.8 Å². The molecule has 1 aromatic heterocycles. The van der Waals surface area contributed by atoms with Crippen molar-refractivity contribution in [2.75, 3.05) is 14.2 Å². The Bertz CT molecular complexity index is 1050. The molecular formula is C23H24N2O4. The summed E-state index contributed by atoms with van der Waals surface area (Å²) in [6, 6.07) is 16.8. The number of amides is 1. The van der Waals surface area contributed by atoms with Crippen LogP contribution in [0.15, 0.2) is 54.6 Å². The Morgan fingerprint density at radius 3 is 2.31 bits per heavy atom. The van der Waals surface area contributed by atoms with E-state index in [1.54, 1.807) is 33.2 Å². The molecule has 1 unspecified atom stereocenters. The predicted octanol–water partition coefficient (Wildman–Crippen LogP) is 4.01. The lowest BCUT2D eigenvalue weighted by atomic mass is 10.1. The summed E-state index contributed by atoms with van der Waals surface area (Å²) in [7, 11) is 3.20. The summed E-state index contributed by atoms with van der Waals surface area (Å²) in [6.07, 6.45) is 0. The standard InChI is InChI=1S/C23H24N2O4/c1-14-13-17(22(26)24-3)7-10-19(14)25-20(15(2)23(27)28)11-12-21(25)16-5-8-18(29-4)9-6-16/h5-13,15H,1-4H3,(H,24,26)(H,27,28). The maximum Gasteiger partial charge on any atom is 0.312 e. The molecule has 3 aromatic rings. The van der Waals surface area contributed by atoms with Crippen molar-refractivity contribution in [1.82, 2.24) is 9.88 Å². The van der Waals surface area contributed by atoms with Crippen molar-refractivity contribution < 1.29 is 19.4 Å². The van der Waals surface area contributed by atoms with Gasteiger partial charge < -0.3 is 19.7 Å². The highest BCUT2D eigenvalue weighted by Crippen LogP contribution is 2.33. The quantitative estimate of drug-likeness (QED) is 0.664. The lowest BCUT2D eigenvalue weighted by Gasteiger charge is -2.19. The van der Waals surface area contributed by atoms with E-state index < -0.39 is 11.9 Å². The minimum Gasteiger partial charge on any atom is -0.497 e. The van der Waals surface area contributed by atoms with Crippen LogP contribution < -0.4 is 10.1 Å². The van der Waals surface area contributed by atoms with Gasteiger partial charge in [0, 0.05) is 24.0 Å². The third-order valence-electron chi connectivity index (χ3n) is 5.04. The second kappa shape index (κ2) is 8.22. The molecule has 0 saturated carbocycles. The average molecular weight is 392 g/mol. The van der Waals surface area contributed by atoms with Crippen LogP contribution in [0.4, 0.5) is 0 Å². The highest BCUT2D eigenvalue weighted by molar-refractivity contribution is 5.94. The van der Waals surface area contributed by atoms with Crippen LogP contribution in [-0.4, -0.2) is 35.7 Å². The fourth-order valence-electron chi connectivity index (χ4n) is 3.36. The second-order valence-electron chi connectivity index (χ2n) is 6.85. The number of rotatable bonds is 6. The van der Waals surface area contributed by atoms with E-state index in [0.29, 0.717) is 11.3 Å². The molecule has 2 N–H and O–H groups in total. The summed E-state index contributed by atoms with van der Waals surface area (Å²) in [5, 5.41) is 12.2. The van der Waals surface area contributed by atoms with Crippen LogP contribution in [-0.2, 0) is 4.79 Å². The highest BCUT2D eigenvalue weighted by atomic mass is 16.5. The Hall–Kier alpha value is -3.54. The van der Waals surface area contributed by atoms with Crippen molar-refractivity contribution in [2.24, 2.45) is 0 Å². The molecule has 29 heavy (non-hydrogen) atoms. The smallest absolute Gasteiger partial charge is 0.312 e. The van der Waals surface area contributed by atoms with E-state index in [1.807, 2.05) is 54.0 Å². The molecule has 0 aliphatic carbocycles. The predicted molar refractivity (Wildman–Crippen MR) is 112 cm³/mol. The molecule has 0 bridgehead atoms. The molecule has 150 valence electrons. The second-order valence-corrected chi connectivity index (χ2v) is 6.85. The van der Waals surface area contributed by atoms with Crippen LogP contribution in [0, 0.1) is 6.92 Å². The van der Waals surface area contributed by atoms with Gasteiger partial charge in [-0.1, -0.05) is 0 Å². The average Bonchev–Trinajstić information content (AvgIpc) is 3.17. The van der Waals surface area contributed by atoms with Gasteiger partial charge in [-0.15, -0.1) is 0 Å². The zero-order valence-electron chi connectivity index (χ0n) is 16.9. The third-order valence-corrected chi connectivity index (χ3v) is 5.04. The molecule has 6 nitrogen and oxygen atoms in total. The van der Waals surface area contributed by atoms with E-state index in [1.165, 1.54) is 0 Å². The Labute approximate surface area is 169 Å². The van der Waals surface area contributed by atoms with Crippen LogP contribution in [0.25, 0.3) is 16.9 Å². The van der Waals surface area contributed by atoms with Crippen LogP contribution in [0.5, 0.6) is 5.75 Å². The van der Waals surface area contributed by atoms with Gasteiger partial charge in [-0.25, -0.2) is 0 Å². The molecule has 3 rings (SSSR count). The summed E-state index contributed by atoms with van der Waals surface area (Å²) in [5.74, 6) is -1.01. The Kier molecular flexibility index (Phi) is 5.73.